The number of fused-ring (bicyclic) bond motifs is 3. The highest BCUT2D eigenvalue weighted by Crippen LogP contribution is 2.36. The molecule has 1 saturated heterocycles. The van der Waals surface area contributed by atoms with E-state index in [1.807, 2.05) is 29.2 Å². The third-order valence-corrected chi connectivity index (χ3v) is 8.16. The van der Waals surface area contributed by atoms with Crippen LogP contribution >= 0.6 is 23.1 Å². The van der Waals surface area contributed by atoms with Crippen LogP contribution in [-0.2, 0) is 17.6 Å². The first-order chi connectivity index (χ1) is 15.2. The fraction of sp³-hybridized carbons (Fsp3) is 0.435. The fourth-order valence-electron chi connectivity index (χ4n) is 4.46. The van der Waals surface area contributed by atoms with E-state index in [2.05, 4.69) is 0 Å². The lowest BCUT2D eigenvalue weighted by molar-refractivity contribution is -0.129. The van der Waals surface area contributed by atoms with E-state index in [-0.39, 0.29) is 17.2 Å². The summed E-state index contributed by atoms with van der Waals surface area (Å²) in [5.74, 6) is 1.08. The van der Waals surface area contributed by atoms with E-state index in [1.54, 1.807) is 23.0 Å². The van der Waals surface area contributed by atoms with Gasteiger partial charge < -0.3 is 9.64 Å². The summed E-state index contributed by atoms with van der Waals surface area (Å²) < 4.78 is 7.04. The average Bonchev–Trinajstić information content (AvgIpc) is 3.39. The molecule has 1 amide bonds. The highest BCUT2D eigenvalue weighted by molar-refractivity contribution is 7.99. The lowest BCUT2D eigenvalue weighted by Crippen LogP contribution is -2.36. The van der Waals surface area contributed by atoms with Gasteiger partial charge in [-0.05, 0) is 56.2 Å². The van der Waals surface area contributed by atoms with Gasteiger partial charge in [-0.15, -0.1) is 11.3 Å². The zero-order valence-electron chi connectivity index (χ0n) is 17.6. The van der Waals surface area contributed by atoms with E-state index < -0.39 is 0 Å². The van der Waals surface area contributed by atoms with Crippen LogP contribution in [0, 0.1) is 0 Å². The first kappa shape index (κ1) is 20.6. The van der Waals surface area contributed by atoms with Crippen LogP contribution in [0.15, 0.2) is 34.2 Å². The smallest absolute Gasteiger partial charge is 0.267 e. The molecule has 162 valence electrons. The molecule has 0 unspecified atom stereocenters. The molecule has 1 aromatic carbocycles. The minimum Gasteiger partial charge on any atom is -0.497 e. The molecule has 0 saturated carbocycles. The highest BCUT2D eigenvalue weighted by Gasteiger charge is 2.25. The lowest BCUT2D eigenvalue weighted by Gasteiger charge is -2.26. The van der Waals surface area contributed by atoms with Crippen molar-refractivity contribution in [3.8, 4) is 11.4 Å². The van der Waals surface area contributed by atoms with Crippen LogP contribution < -0.4 is 10.3 Å². The van der Waals surface area contributed by atoms with Crippen molar-refractivity contribution in [1.29, 1.82) is 0 Å². The van der Waals surface area contributed by atoms with Crippen molar-refractivity contribution in [1.82, 2.24) is 14.5 Å². The van der Waals surface area contributed by atoms with Crippen LogP contribution in [0.1, 0.15) is 36.1 Å². The fourth-order valence-corrected chi connectivity index (χ4v) is 6.68. The van der Waals surface area contributed by atoms with Gasteiger partial charge in [-0.1, -0.05) is 17.8 Å². The van der Waals surface area contributed by atoms with Crippen LogP contribution in [0.3, 0.4) is 0 Å². The summed E-state index contributed by atoms with van der Waals surface area (Å²) in [6, 6.07) is 7.46. The number of thioether (sulfide) groups is 1. The summed E-state index contributed by atoms with van der Waals surface area (Å²) in [6.45, 7) is 1.65. The number of carbonyl (C=O) groups is 1. The van der Waals surface area contributed by atoms with Gasteiger partial charge in [0.05, 0.1) is 23.9 Å². The first-order valence-corrected chi connectivity index (χ1v) is 12.6. The van der Waals surface area contributed by atoms with Crippen molar-refractivity contribution in [3.05, 3.63) is 45.1 Å². The second kappa shape index (κ2) is 8.67. The second-order valence-corrected chi connectivity index (χ2v) is 10.0. The van der Waals surface area contributed by atoms with Gasteiger partial charge in [0.1, 0.15) is 10.6 Å². The van der Waals surface area contributed by atoms with Crippen LogP contribution in [0.4, 0.5) is 0 Å². The molecule has 31 heavy (non-hydrogen) atoms. The maximum absolute atomic E-state index is 13.7. The Kier molecular flexibility index (Phi) is 5.75. The molecule has 2 aromatic heterocycles. The molecule has 6 nitrogen and oxygen atoms in total. The SMILES string of the molecule is COc1cccc(-n2c(SCC(=O)N3CCCCC3)nc3sc4c(c3c2=O)CCC4)c1. The molecule has 3 heterocycles. The van der Waals surface area contributed by atoms with Gasteiger partial charge >= 0.3 is 0 Å². The zero-order valence-corrected chi connectivity index (χ0v) is 19.2. The van der Waals surface area contributed by atoms with Gasteiger partial charge in [0.2, 0.25) is 5.91 Å². The van der Waals surface area contributed by atoms with Crippen LogP contribution in [0.2, 0.25) is 0 Å². The summed E-state index contributed by atoms with van der Waals surface area (Å²) in [5.41, 5.74) is 1.82. The van der Waals surface area contributed by atoms with Crippen molar-refractivity contribution < 1.29 is 9.53 Å². The second-order valence-electron chi connectivity index (χ2n) is 8.00. The van der Waals surface area contributed by atoms with Crippen molar-refractivity contribution in [2.24, 2.45) is 0 Å². The lowest BCUT2D eigenvalue weighted by atomic mass is 10.1. The van der Waals surface area contributed by atoms with Crippen LogP contribution in [0.5, 0.6) is 5.75 Å². The molecular weight excluding hydrogens is 430 g/mol. The van der Waals surface area contributed by atoms with Gasteiger partial charge in [0.25, 0.3) is 5.56 Å². The summed E-state index contributed by atoms with van der Waals surface area (Å²) >= 11 is 2.98. The molecule has 8 heteroatoms. The van der Waals surface area contributed by atoms with E-state index >= 15 is 0 Å². The number of piperidine rings is 1. The van der Waals surface area contributed by atoms with Gasteiger partial charge in [0, 0.05) is 24.0 Å². The molecule has 5 rings (SSSR count). The molecule has 3 aromatic rings. The largest absolute Gasteiger partial charge is 0.497 e. The summed E-state index contributed by atoms with van der Waals surface area (Å²) in [5, 5.41) is 1.31. The summed E-state index contributed by atoms with van der Waals surface area (Å²) in [7, 11) is 1.61. The maximum atomic E-state index is 13.7. The van der Waals surface area contributed by atoms with E-state index in [0.717, 1.165) is 61.0 Å². The van der Waals surface area contributed by atoms with E-state index in [1.165, 1.54) is 23.1 Å². The maximum Gasteiger partial charge on any atom is 0.267 e. The van der Waals surface area contributed by atoms with Gasteiger partial charge in [0.15, 0.2) is 5.16 Å². The Morgan fingerprint density at radius 1 is 1.19 bits per heavy atom. The molecule has 1 aliphatic carbocycles. The predicted octanol–water partition coefficient (Wildman–Crippen LogP) is 4.05. The molecule has 0 atom stereocenters. The number of methoxy groups -OCH3 is 1. The average molecular weight is 456 g/mol. The van der Waals surface area contributed by atoms with E-state index in [4.69, 9.17) is 9.72 Å². The molecular formula is C23H25N3O3S2. The molecule has 0 spiro atoms. The highest BCUT2D eigenvalue weighted by atomic mass is 32.2. The number of thiophene rings is 1. The Hall–Kier alpha value is -2.32. The predicted molar refractivity (Wildman–Crippen MR) is 125 cm³/mol. The monoisotopic (exact) mass is 455 g/mol. The Bertz CT molecular complexity index is 1190. The number of benzene rings is 1. The van der Waals surface area contributed by atoms with Crippen molar-refractivity contribution in [2.45, 2.75) is 43.7 Å². The van der Waals surface area contributed by atoms with Crippen molar-refractivity contribution in [2.75, 3.05) is 26.0 Å². The Balaban J connectivity index is 1.57. The third kappa shape index (κ3) is 3.87. The number of amides is 1. The number of rotatable bonds is 5. The number of carbonyl (C=O) groups excluding carboxylic acids is 1. The minimum absolute atomic E-state index is 0.0504. The number of ether oxygens (including phenoxy) is 1. The third-order valence-electron chi connectivity index (χ3n) is 6.05. The number of aryl methyl sites for hydroxylation is 2. The number of aromatic nitrogens is 2. The van der Waals surface area contributed by atoms with E-state index in [9.17, 15) is 9.59 Å². The number of nitrogens with zero attached hydrogens (tertiary/aromatic N) is 3. The molecule has 1 fully saturated rings. The van der Waals surface area contributed by atoms with Gasteiger partial charge in [-0.3, -0.25) is 14.2 Å². The molecule has 1 aliphatic heterocycles. The summed E-state index contributed by atoms with van der Waals surface area (Å²) in [4.78, 5) is 35.3. The number of hydrogen-bond donors (Lipinski definition) is 0. The standard InChI is InChI=1S/C23H25N3O3S2/c1-29-16-8-5-7-15(13-16)26-22(28)20-17-9-6-10-18(17)31-21(20)24-23(26)30-14-19(27)25-11-3-2-4-12-25/h5,7-8,13H,2-4,6,9-12,14H2,1H3. The quantitative estimate of drug-likeness (QED) is 0.429. The number of hydrogen-bond acceptors (Lipinski definition) is 6. The zero-order chi connectivity index (χ0) is 21.4. The van der Waals surface area contributed by atoms with Crippen molar-refractivity contribution in [3.63, 3.8) is 0 Å². The van der Waals surface area contributed by atoms with Gasteiger partial charge in [-0.2, -0.15) is 0 Å². The number of likely N-dealkylation sites (tertiary alicyclic amines) is 1. The normalized spacial score (nSPS) is 16.0. The molecule has 2 aliphatic rings. The Morgan fingerprint density at radius 3 is 2.84 bits per heavy atom. The topological polar surface area (TPSA) is 64.4 Å². The first-order valence-electron chi connectivity index (χ1n) is 10.8. The van der Waals surface area contributed by atoms with Gasteiger partial charge in [-0.25, -0.2) is 4.98 Å². The Labute approximate surface area is 189 Å². The van der Waals surface area contributed by atoms with Crippen LogP contribution in [-0.4, -0.2) is 46.3 Å². The summed E-state index contributed by atoms with van der Waals surface area (Å²) in [6.07, 6.45) is 6.37. The van der Waals surface area contributed by atoms with E-state index in [0.29, 0.717) is 16.6 Å². The molecule has 0 radical (unpaired) electrons. The van der Waals surface area contributed by atoms with Crippen molar-refractivity contribution >= 4 is 39.2 Å². The van der Waals surface area contributed by atoms with Crippen LogP contribution in [0.25, 0.3) is 15.9 Å². The molecule has 0 N–H and O–H groups in total. The minimum atomic E-state index is -0.0504. The molecule has 0 bridgehead atoms. The Morgan fingerprint density at radius 2 is 2.03 bits per heavy atom.